The predicted molar refractivity (Wildman–Crippen MR) is 70.2 cm³/mol. The van der Waals surface area contributed by atoms with E-state index >= 15 is 0 Å². The molecule has 0 radical (unpaired) electrons. The zero-order valence-corrected chi connectivity index (χ0v) is 12.4. The summed E-state index contributed by atoms with van der Waals surface area (Å²) >= 11 is 0. The maximum Gasteiger partial charge on any atom is -0.344 e. The third-order valence-corrected chi connectivity index (χ3v) is 59.4. The average Bonchev–Trinajstić information content (AvgIpc) is 3.27. The van der Waals surface area contributed by atoms with Crippen LogP contribution in [-0.2, 0) is 6.51 Å². The van der Waals surface area contributed by atoms with Gasteiger partial charge in [0.25, 0.3) is 0 Å². The molecule has 1 nitrogen and oxygen atoms in total. The zero-order chi connectivity index (χ0) is 10.5. The maximum atomic E-state index is 2.37. The van der Waals surface area contributed by atoms with Crippen molar-refractivity contribution in [1.29, 1.82) is 0 Å². The van der Waals surface area contributed by atoms with Crippen molar-refractivity contribution in [1.82, 2.24) is 6.15 Å². The molecule has 10 rings (SSSR count). The Morgan fingerprint density at radius 1 is 0.778 bits per heavy atom. The van der Waals surface area contributed by atoms with E-state index in [9.17, 15) is 0 Å². The minimum Gasteiger partial charge on any atom is -0.344 e. The standard InChI is InChI=1S/C11H17.C5H5.Fe.H3N/c1-2-3-4-5-8-11-9-6-7-10-11;1-2-4-5-3-1;;/h6-7,9-10H,2-5,8H2,1H3;1-5H;;1H3. The molecule has 4 unspecified atom stereocenters. The van der Waals surface area contributed by atoms with Crippen LogP contribution in [0.5, 0.6) is 0 Å². The van der Waals surface area contributed by atoms with Crippen molar-refractivity contribution in [2.24, 2.45) is 0 Å². The van der Waals surface area contributed by atoms with Crippen molar-refractivity contribution in [3.05, 3.63) is 0 Å². The molecule has 10 heterocycles. The maximum absolute atomic E-state index is 2.60. The molecule has 10 fully saturated rings. The Labute approximate surface area is 99.3 Å². The van der Waals surface area contributed by atoms with Gasteiger partial charge in [-0.05, 0) is 0 Å². The Kier molecular flexibility index (Phi) is 0.305. The van der Waals surface area contributed by atoms with Crippen LogP contribution in [0.25, 0.3) is 0 Å². The van der Waals surface area contributed by atoms with E-state index in [0.717, 1.165) is 0 Å². The second-order valence-corrected chi connectivity index (χ2v) is 35.3. The van der Waals surface area contributed by atoms with Gasteiger partial charge in [-0.3, -0.25) is 0 Å². The molecule has 102 valence electrons. The summed E-state index contributed by atoms with van der Waals surface area (Å²) in [7, 11) is 0. The van der Waals surface area contributed by atoms with Gasteiger partial charge in [0.1, 0.15) is 0 Å². The Balaban J connectivity index is 0.000000676. The van der Waals surface area contributed by atoms with Crippen LogP contribution in [0.1, 0.15) is 39.0 Å². The van der Waals surface area contributed by atoms with E-state index in [-0.39, 0.29) is 6.15 Å². The summed E-state index contributed by atoms with van der Waals surface area (Å²) in [5, 5.41) is 0. The molecule has 3 N–H and O–H groups in total. The monoisotopic (exact) mass is 287 g/mol. The third kappa shape index (κ3) is 0.0812. The first-order chi connectivity index (χ1) is 8.11. The minimum absolute atomic E-state index is 0. The smallest absolute Gasteiger partial charge is 0.344 e. The third-order valence-electron chi connectivity index (χ3n) is 16.4. The van der Waals surface area contributed by atoms with Crippen molar-refractivity contribution in [3.8, 4) is 0 Å². The van der Waals surface area contributed by atoms with E-state index in [1.807, 2.05) is 0 Å². The van der Waals surface area contributed by atoms with Crippen molar-refractivity contribution >= 4 is 0 Å². The molecule has 0 amide bonds. The minimum atomic E-state index is -2.60. The molecule has 18 heavy (non-hydrogen) atoms. The van der Waals surface area contributed by atoms with Gasteiger partial charge in [-0.1, -0.05) is 0 Å². The van der Waals surface area contributed by atoms with E-state index < -0.39 is 6.51 Å². The molecule has 1 spiro atoms. The summed E-state index contributed by atoms with van der Waals surface area (Å²) < 4.78 is 1.24. The van der Waals surface area contributed by atoms with E-state index in [0.29, 0.717) is 0 Å². The van der Waals surface area contributed by atoms with Crippen LogP contribution in [0.4, 0.5) is 0 Å². The summed E-state index contributed by atoms with van der Waals surface area (Å²) in [6, 6.07) is 0. The first kappa shape index (κ1) is 8.05. The predicted octanol–water partition coefficient (Wildman–Crippen LogP) is 5.88. The van der Waals surface area contributed by atoms with E-state index in [1.54, 1.807) is 62.6 Å². The molecule has 0 aliphatic carbocycles. The average molecular weight is 287 g/mol. The van der Waals surface area contributed by atoms with Crippen LogP contribution in [0.3, 0.4) is 0 Å². The molecular weight excluding hydrogens is 262 g/mol. The molecule has 0 saturated carbocycles. The fraction of sp³-hybridized carbons (Fsp3) is 1.00. The van der Waals surface area contributed by atoms with Crippen molar-refractivity contribution in [2.45, 2.75) is 86.7 Å². The van der Waals surface area contributed by atoms with E-state index in [2.05, 4.69) is 6.92 Å². The summed E-state index contributed by atoms with van der Waals surface area (Å²) in [4.78, 5) is 14.1. The molecule has 4 atom stereocenters. The summed E-state index contributed by atoms with van der Waals surface area (Å²) in [5.41, 5.74) is 0. The molecule has 10 aliphatic heterocycles. The van der Waals surface area contributed by atoms with Gasteiger partial charge in [0, 0.05) is 0 Å². The van der Waals surface area contributed by atoms with Crippen LogP contribution in [0, 0.1) is 0 Å². The van der Waals surface area contributed by atoms with E-state index in [4.69, 9.17) is 0 Å². The number of rotatable bonds is 5. The summed E-state index contributed by atoms with van der Waals surface area (Å²) in [6.45, 7) is -0.237. The fourth-order valence-electron chi connectivity index (χ4n) is 18.2. The Morgan fingerprint density at radius 3 is 1.67 bits per heavy atom. The molecule has 0 aromatic heterocycles. The Morgan fingerprint density at radius 2 is 1.33 bits per heavy atom. The number of fused-ring (bicyclic) bond motifs is 10. The first-order valence-corrected chi connectivity index (χ1v) is 14.6. The molecule has 0 aromatic rings. The van der Waals surface area contributed by atoms with Crippen molar-refractivity contribution in [2.75, 3.05) is 0 Å². The summed E-state index contributed by atoms with van der Waals surface area (Å²) in [5.74, 6) is 0. The van der Waals surface area contributed by atoms with Gasteiger partial charge in [-0.15, -0.1) is 0 Å². The normalized spacial score (nSPS) is 113. The number of unbranched alkanes of at least 4 members (excludes halogenated alkanes) is 3. The Bertz CT molecular complexity index is 833. The molecule has 10 aliphatic rings. The number of hydrogen-bond acceptors (Lipinski definition) is 1. The first-order valence-electron chi connectivity index (χ1n) is 8.32. The van der Waals surface area contributed by atoms with Crippen LogP contribution < -0.4 is 6.15 Å². The van der Waals surface area contributed by atoms with Gasteiger partial charge in [-0.25, -0.2) is 0 Å². The quantitative estimate of drug-likeness (QED) is 0.497. The molecule has 0 aromatic carbocycles. The summed E-state index contributed by atoms with van der Waals surface area (Å²) in [6.07, 6.45) is 7.97. The van der Waals surface area contributed by atoms with Crippen molar-refractivity contribution < 1.29 is 6.51 Å². The molecular formula is C16H25FeN. The molecule has 0 bridgehead atoms. The molecule has 2 heteroatoms. The van der Waals surface area contributed by atoms with Gasteiger partial charge in [0.05, 0.1) is 0 Å². The van der Waals surface area contributed by atoms with Gasteiger partial charge in [0.15, 0.2) is 0 Å². The van der Waals surface area contributed by atoms with Crippen LogP contribution >= 0.6 is 0 Å². The fourth-order valence-corrected chi connectivity index (χ4v) is 93.5. The number of hydrogen-bond donors (Lipinski definition) is 1. The Hall–Kier alpha value is 0.479. The van der Waals surface area contributed by atoms with Gasteiger partial charge >= 0.3 is 93.2 Å². The topological polar surface area (TPSA) is 35.0 Å². The largest absolute Gasteiger partial charge is 0.344 e. The zero-order valence-electron chi connectivity index (χ0n) is 11.3. The SMILES string of the molecule is CCCCCC[C]12[CH]3[CH]4[CH]5[CH]1[Fe]45321678[CH]2[CH]1[CH]6[CH]7[CH]28.N. The second-order valence-electron chi connectivity index (χ2n) is 11.6. The second kappa shape index (κ2) is 0.681. The van der Waals surface area contributed by atoms with Crippen LogP contribution in [-0.4, -0.2) is 0 Å². The van der Waals surface area contributed by atoms with Crippen LogP contribution in [0.2, 0.25) is 47.7 Å². The van der Waals surface area contributed by atoms with Gasteiger partial charge < -0.3 is 6.15 Å². The molecule has 10 saturated heterocycles. The van der Waals surface area contributed by atoms with E-state index in [1.165, 1.54) is 17.2 Å². The van der Waals surface area contributed by atoms with Crippen molar-refractivity contribution in [3.63, 3.8) is 0 Å². The van der Waals surface area contributed by atoms with Crippen LogP contribution in [0.15, 0.2) is 0 Å². The van der Waals surface area contributed by atoms with Gasteiger partial charge in [0.2, 0.25) is 0 Å². The van der Waals surface area contributed by atoms with Gasteiger partial charge in [-0.2, -0.15) is 0 Å².